The highest BCUT2D eigenvalue weighted by Crippen LogP contribution is 2.29. The number of nitrogens with zero attached hydrogens (tertiary/aromatic N) is 1. The lowest BCUT2D eigenvalue weighted by atomic mass is 9.98. The number of amides is 1. The topological polar surface area (TPSA) is 83.4 Å². The van der Waals surface area contributed by atoms with Crippen LogP contribution in [0.2, 0.25) is 0 Å². The first-order valence-electron chi connectivity index (χ1n) is 9.66. The lowest BCUT2D eigenvalue weighted by molar-refractivity contribution is -0.117. The number of rotatable bonds is 8. The zero-order valence-electron chi connectivity index (χ0n) is 17.3. The number of hydrogen-bond acceptors (Lipinski definition) is 5. The minimum Gasteiger partial charge on any atom is -0.497 e. The molecule has 3 aromatic carbocycles. The average molecular weight is 413 g/mol. The Balaban J connectivity index is 1.85. The van der Waals surface area contributed by atoms with Crippen molar-refractivity contribution in [2.45, 2.75) is 6.04 Å². The molecule has 3 aromatic rings. The average Bonchev–Trinajstić information content (AvgIpc) is 2.83. The molecule has 0 atom stereocenters. The fourth-order valence-corrected chi connectivity index (χ4v) is 3.08. The van der Waals surface area contributed by atoms with E-state index >= 15 is 0 Å². The molecule has 0 radical (unpaired) electrons. The lowest BCUT2D eigenvalue weighted by Gasteiger charge is -2.19. The van der Waals surface area contributed by atoms with Crippen LogP contribution in [-0.2, 0) is 4.79 Å². The summed E-state index contributed by atoms with van der Waals surface area (Å²) in [4.78, 5) is 12.9. The van der Waals surface area contributed by atoms with Crippen LogP contribution in [0.3, 0.4) is 0 Å². The van der Waals surface area contributed by atoms with Gasteiger partial charge in [0.2, 0.25) is 0 Å². The predicted molar refractivity (Wildman–Crippen MR) is 120 cm³/mol. The second kappa shape index (κ2) is 10.5. The van der Waals surface area contributed by atoms with Gasteiger partial charge >= 0.3 is 0 Å². The number of ether oxygens (including phenoxy) is 2. The molecule has 0 aliphatic rings. The van der Waals surface area contributed by atoms with Gasteiger partial charge in [0.05, 0.1) is 25.9 Å². The van der Waals surface area contributed by atoms with Crippen molar-refractivity contribution in [1.82, 2.24) is 5.32 Å². The Hall–Kier alpha value is -4.24. The van der Waals surface area contributed by atoms with Crippen LogP contribution < -0.4 is 20.1 Å². The van der Waals surface area contributed by atoms with Crippen molar-refractivity contribution in [3.05, 3.63) is 102 Å². The monoisotopic (exact) mass is 413 g/mol. The molecule has 3 rings (SSSR count). The van der Waals surface area contributed by atoms with Crippen molar-refractivity contribution >= 4 is 11.6 Å². The molecule has 0 aliphatic heterocycles. The Morgan fingerprint density at radius 1 is 0.935 bits per heavy atom. The van der Waals surface area contributed by atoms with Crippen LogP contribution in [0.5, 0.6) is 11.5 Å². The molecule has 0 saturated heterocycles. The Kier molecular flexibility index (Phi) is 7.28. The van der Waals surface area contributed by atoms with E-state index in [2.05, 4.69) is 10.6 Å². The molecule has 0 unspecified atom stereocenters. The number of hydrogen-bond donors (Lipinski definition) is 2. The SMILES string of the molecule is COc1ccc(OC)c(N/C=C(/C#N)C(=O)NC(c2ccccc2)c2ccccc2)c1. The van der Waals surface area contributed by atoms with Crippen molar-refractivity contribution in [2.75, 3.05) is 19.5 Å². The highest BCUT2D eigenvalue weighted by Gasteiger charge is 2.19. The largest absolute Gasteiger partial charge is 0.497 e. The molecule has 0 aromatic heterocycles. The number of nitrogens with one attached hydrogen (secondary N) is 2. The number of nitriles is 1. The van der Waals surface area contributed by atoms with Crippen molar-refractivity contribution < 1.29 is 14.3 Å². The van der Waals surface area contributed by atoms with E-state index in [1.54, 1.807) is 32.4 Å². The standard InChI is InChI=1S/C25H23N3O3/c1-30-21-13-14-23(31-2)22(15-21)27-17-20(16-26)25(29)28-24(18-9-5-3-6-10-18)19-11-7-4-8-12-19/h3-15,17,24,27H,1-2H3,(H,28,29)/b20-17-. The zero-order valence-corrected chi connectivity index (χ0v) is 17.3. The van der Waals surface area contributed by atoms with Gasteiger partial charge in [0.15, 0.2) is 0 Å². The van der Waals surface area contributed by atoms with Crippen molar-refractivity contribution in [2.24, 2.45) is 0 Å². The summed E-state index contributed by atoms with van der Waals surface area (Å²) in [5.41, 5.74) is 2.34. The quantitative estimate of drug-likeness (QED) is 0.422. The van der Waals surface area contributed by atoms with Gasteiger partial charge in [0.1, 0.15) is 23.1 Å². The van der Waals surface area contributed by atoms with Gasteiger partial charge in [0.25, 0.3) is 5.91 Å². The third-order valence-corrected chi connectivity index (χ3v) is 4.68. The van der Waals surface area contributed by atoms with E-state index in [0.717, 1.165) is 11.1 Å². The molecule has 0 fully saturated rings. The van der Waals surface area contributed by atoms with Crippen molar-refractivity contribution in [3.63, 3.8) is 0 Å². The van der Waals surface area contributed by atoms with E-state index in [-0.39, 0.29) is 5.57 Å². The van der Waals surface area contributed by atoms with Crippen LogP contribution in [0.4, 0.5) is 5.69 Å². The first-order chi connectivity index (χ1) is 15.2. The van der Waals surface area contributed by atoms with Crippen LogP contribution in [0.15, 0.2) is 90.6 Å². The van der Waals surface area contributed by atoms with Crippen LogP contribution >= 0.6 is 0 Å². The number of anilines is 1. The number of carbonyl (C=O) groups is 1. The number of carbonyl (C=O) groups excluding carboxylic acids is 1. The summed E-state index contributed by atoms with van der Waals surface area (Å²) in [7, 11) is 3.10. The maximum absolute atomic E-state index is 12.9. The van der Waals surface area contributed by atoms with Crippen LogP contribution in [-0.4, -0.2) is 20.1 Å². The van der Waals surface area contributed by atoms with E-state index in [1.165, 1.54) is 6.20 Å². The summed E-state index contributed by atoms with van der Waals surface area (Å²) < 4.78 is 10.5. The first kappa shape index (κ1) is 21.5. The minimum absolute atomic E-state index is 0.0678. The van der Waals surface area contributed by atoms with E-state index in [9.17, 15) is 10.1 Å². The molecule has 0 aliphatic carbocycles. The Bertz CT molecular complexity index is 1050. The second-order valence-electron chi connectivity index (χ2n) is 6.61. The smallest absolute Gasteiger partial charge is 0.264 e. The molecule has 6 heteroatoms. The molecular weight excluding hydrogens is 390 g/mol. The summed E-state index contributed by atoms with van der Waals surface area (Å²) in [6, 6.07) is 26.0. The highest BCUT2D eigenvalue weighted by molar-refractivity contribution is 5.98. The van der Waals surface area contributed by atoms with Crippen LogP contribution in [0.25, 0.3) is 0 Å². The highest BCUT2D eigenvalue weighted by atomic mass is 16.5. The molecule has 156 valence electrons. The Morgan fingerprint density at radius 3 is 2.06 bits per heavy atom. The maximum Gasteiger partial charge on any atom is 0.264 e. The first-order valence-corrected chi connectivity index (χ1v) is 9.66. The lowest BCUT2D eigenvalue weighted by Crippen LogP contribution is -2.30. The van der Waals surface area contributed by atoms with E-state index in [1.807, 2.05) is 66.7 Å². The van der Waals surface area contributed by atoms with E-state index in [4.69, 9.17) is 9.47 Å². The Labute approximate surface area is 181 Å². The zero-order chi connectivity index (χ0) is 22.1. The van der Waals surface area contributed by atoms with Gasteiger partial charge in [-0.15, -0.1) is 0 Å². The fourth-order valence-electron chi connectivity index (χ4n) is 3.08. The maximum atomic E-state index is 12.9. The van der Waals surface area contributed by atoms with Gasteiger partial charge in [0, 0.05) is 12.3 Å². The molecule has 2 N–H and O–H groups in total. The van der Waals surface area contributed by atoms with Gasteiger partial charge in [-0.25, -0.2) is 0 Å². The minimum atomic E-state index is -0.491. The normalized spacial score (nSPS) is 10.8. The Morgan fingerprint density at radius 2 is 1.55 bits per heavy atom. The molecule has 1 amide bonds. The van der Waals surface area contributed by atoms with Gasteiger partial charge in [-0.3, -0.25) is 4.79 Å². The molecule has 0 saturated carbocycles. The molecule has 0 bridgehead atoms. The molecule has 0 heterocycles. The predicted octanol–water partition coefficient (Wildman–Crippen LogP) is 4.43. The third-order valence-electron chi connectivity index (χ3n) is 4.68. The van der Waals surface area contributed by atoms with Crippen LogP contribution in [0.1, 0.15) is 17.2 Å². The van der Waals surface area contributed by atoms with Gasteiger partial charge in [-0.05, 0) is 23.3 Å². The second-order valence-corrected chi connectivity index (χ2v) is 6.61. The summed E-state index contributed by atoms with van der Waals surface area (Å²) in [6.45, 7) is 0. The molecular formula is C25H23N3O3. The summed E-state index contributed by atoms with van der Waals surface area (Å²) in [5, 5.41) is 15.5. The summed E-state index contributed by atoms with van der Waals surface area (Å²) in [6.07, 6.45) is 1.36. The number of methoxy groups -OCH3 is 2. The summed E-state index contributed by atoms with van der Waals surface area (Å²) in [5.74, 6) is 0.684. The van der Waals surface area contributed by atoms with Gasteiger partial charge in [-0.2, -0.15) is 5.26 Å². The fraction of sp³-hybridized carbons (Fsp3) is 0.120. The third kappa shape index (κ3) is 5.43. The van der Waals surface area contributed by atoms with Crippen LogP contribution in [0, 0.1) is 11.3 Å². The van der Waals surface area contributed by atoms with E-state index in [0.29, 0.717) is 17.2 Å². The van der Waals surface area contributed by atoms with Crippen molar-refractivity contribution in [3.8, 4) is 17.6 Å². The van der Waals surface area contributed by atoms with Gasteiger partial charge < -0.3 is 20.1 Å². The molecule has 6 nitrogen and oxygen atoms in total. The molecule has 0 spiro atoms. The summed E-state index contributed by atoms with van der Waals surface area (Å²) >= 11 is 0. The molecule has 31 heavy (non-hydrogen) atoms. The van der Waals surface area contributed by atoms with Crippen molar-refractivity contribution in [1.29, 1.82) is 5.26 Å². The van der Waals surface area contributed by atoms with E-state index < -0.39 is 11.9 Å². The van der Waals surface area contributed by atoms with Gasteiger partial charge in [-0.1, -0.05) is 60.7 Å². The number of benzene rings is 3.